The Hall–Kier alpha value is -1.33. The van der Waals surface area contributed by atoms with E-state index in [0.717, 1.165) is 0 Å². The summed E-state index contributed by atoms with van der Waals surface area (Å²) in [6.45, 7) is 0.0247. The molecule has 4 nitrogen and oxygen atoms in total. The van der Waals surface area contributed by atoms with Crippen molar-refractivity contribution in [3.63, 3.8) is 0 Å². The van der Waals surface area contributed by atoms with Gasteiger partial charge in [0.05, 0.1) is 9.80 Å². The van der Waals surface area contributed by atoms with Gasteiger partial charge in [0.1, 0.15) is 0 Å². The normalized spacial score (nSPS) is 17.6. The fraction of sp³-hybridized carbons (Fsp3) is 0.111. The van der Waals surface area contributed by atoms with Crippen molar-refractivity contribution in [3.8, 4) is 0 Å². The molecule has 74 valence electrons. The molecule has 14 heavy (non-hydrogen) atoms. The minimum atomic E-state index is -3.33. The van der Waals surface area contributed by atoms with E-state index in [0.29, 0.717) is 16.1 Å². The number of fused-ring (bicyclic) bond motifs is 1. The molecule has 1 aromatic carbocycles. The fourth-order valence-electron chi connectivity index (χ4n) is 1.49. The van der Waals surface area contributed by atoms with Gasteiger partial charge < -0.3 is 11.5 Å². The van der Waals surface area contributed by atoms with Gasteiger partial charge in [0.15, 0.2) is 0 Å². The maximum absolute atomic E-state index is 11.7. The lowest BCUT2D eigenvalue weighted by Gasteiger charge is -2.00. The zero-order valence-corrected chi connectivity index (χ0v) is 8.21. The van der Waals surface area contributed by atoms with Crippen molar-refractivity contribution < 1.29 is 8.42 Å². The monoisotopic (exact) mass is 210 g/mol. The fourth-order valence-corrected chi connectivity index (χ4v) is 2.94. The summed E-state index contributed by atoms with van der Waals surface area (Å²) in [4.78, 5) is 0.547. The first-order valence-electron chi connectivity index (χ1n) is 4.11. The second-order valence-corrected chi connectivity index (χ2v) is 5.09. The molecule has 2 rings (SSSR count). The van der Waals surface area contributed by atoms with Gasteiger partial charge in [-0.2, -0.15) is 0 Å². The summed E-state index contributed by atoms with van der Waals surface area (Å²) in [7, 11) is -3.33. The van der Waals surface area contributed by atoms with Crippen LogP contribution in [0, 0.1) is 0 Å². The van der Waals surface area contributed by atoms with E-state index < -0.39 is 9.84 Å². The summed E-state index contributed by atoms with van der Waals surface area (Å²) in [5.41, 5.74) is 12.1. The lowest BCUT2D eigenvalue weighted by molar-refractivity contribution is 0.602. The van der Waals surface area contributed by atoms with Crippen molar-refractivity contribution >= 4 is 21.6 Å². The average molecular weight is 210 g/mol. The zero-order valence-electron chi connectivity index (χ0n) is 7.40. The number of nitrogen functional groups attached to an aromatic ring is 1. The Morgan fingerprint density at radius 1 is 1.29 bits per heavy atom. The molecule has 1 heterocycles. The van der Waals surface area contributed by atoms with Crippen LogP contribution in [0.1, 0.15) is 5.56 Å². The molecule has 0 aromatic heterocycles. The lowest BCUT2D eigenvalue weighted by Crippen LogP contribution is -2.10. The Morgan fingerprint density at radius 3 is 2.64 bits per heavy atom. The molecule has 0 atom stereocenters. The molecule has 0 saturated carbocycles. The summed E-state index contributed by atoms with van der Waals surface area (Å²) in [6.07, 6.45) is 1.57. The van der Waals surface area contributed by atoms with Gasteiger partial charge in [-0.05, 0) is 29.8 Å². The van der Waals surface area contributed by atoms with Crippen LogP contribution in [-0.4, -0.2) is 15.0 Å². The Kier molecular flexibility index (Phi) is 1.87. The van der Waals surface area contributed by atoms with Crippen molar-refractivity contribution in [2.45, 2.75) is 4.90 Å². The van der Waals surface area contributed by atoms with E-state index in [9.17, 15) is 8.42 Å². The van der Waals surface area contributed by atoms with Crippen LogP contribution in [0.4, 0.5) is 5.69 Å². The molecular weight excluding hydrogens is 200 g/mol. The van der Waals surface area contributed by atoms with Gasteiger partial charge in [-0.1, -0.05) is 0 Å². The standard InChI is InChI=1S/C9H10N2O2S/c10-5-8-4-6-3-7(11)1-2-9(6)14(8,12)13/h1-4H,5,10-11H2. The van der Waals surface area contributed by atoms with Crippen LogP contribution in [0.5, 0.6) is 0 Å². The van der Waals surface area contributed by atoms with Crippen molar-refractivity contribution in [1.82, 2.24) is 0 Å². The molecule has 0 fully saturated rings. The Bertz CT molecular complexity index is 518. The van der Waals surface area contributed by atoms with Crippen LogP contribution in [0.3, 0.4) is 0 Å². The van der Waals surface area contributed by atoms with Crippen LogP contribution in [0.15, 0.2) is 28.0 Å². The second kappa shape index (κ2) is 2.83. The largest absolute Gasteiger partial charge is 0.399 e. The number of hydrogen-bond acceptors (Lipinski definition) is 4. The van der Waals surface area contributed by atoms with Crippen molar-refractivity contribution in [2.75, 3.05) is 12.3 Å². The van der Waals surface area contributed by atoms with E-state index >= 15 is 0 Å². The number of nitrogens with two attached hydrogens (primary N) is 2. The highest BCUT2D eigenvalue weighted by atomic mass is 32.2. The van der Waals surface area contributed by atoms with Crippen molar-refractivity contribution in [2.24, 2.45) is 5.73 Å². The van der Waals surface area contributed by atoms with Crippen LogP contribution in [-0.2, 0) is 9.84 Å². The van der Waals surface area contributed by atoms with Crippen molar-refractivity contribution in [3.05, 3.63) is 28.7 Å². The molecule has 1 aliphatic rings. The first-order chi connectivity index (χ1) is 6.55. The highest BCUT2D eigenvalue weighted by Gasteiger charge is 2.28. The maximum Gasteiger partial charge on any atom is 0.204 e. The lowest BCUT2D eigenvalue weighted by atomic mass is 10.2. The van der Waals surface area contributed by atoms with E-state index in [-0.39, 0.29) is 11.4 Å². The molecule has 4 N–H and O–H groups in total. The van der Waals surface area contributed by atoms with Crippen LogP contribution in [0.25, 0.3) is 6.08 Å². The van der Waals surface area contributed by atoms with Gasteiger partial charge in [0.25, 0.3) is 0 Å². The van der Waals surface area contributed by atoms with Gasteiger partial charge in [-0.3, -0.25) is 0 Å². The predicted octanol–water partition coefficient (Wildman–Crippen LogP) is 0.356. The van der Waals surface area contributed by atoms with Gasteiger partial charge in [0, 0.05) is 12.2 Å². The molecule has 0 unspecified atom stereocenters. The van der Waals surface area contributed by atoms with E-state index in [4.69, 9.17) is 11.5 Å². The second-order valence-electron chi connectivity index (χ2n) is 3.12. The number of benzene rings is 1. The SMILES string of the molecule is NCC1=Cc2cc(N)ccc2S1(=O)=O. The number of anilines is 1. The van der Waals surface area contributed by atoms with Crippen molar-refractivity contribution in [1.29, 1.82) is 0 Å². The number of rotatable bonds is 1. The molecule has 0 aliphatic carbocycles. The topological polar surface area (TPSA) is 86.2 Å². The molecule has 0 saturated heterocycles. The van der Waals surface area contributed by atoms with Crippen LogP contribution >= 0.6 is 0 Å². The first kappa shape index (κ1) is 9.23. The van der Waals surface area contributed by atoms with Gasteiger partial charge >= 0.3 is 0 Å². The summed E-state index contributed by atoms with van der Waals surface area (Å²) in [6, 6.07) is 4.72. The highest BCUT2D eigenvalue weighted by molar-refractivity contribution is 7.95. The van der Waals surface area contributed by atoms with Crippen LogP contribution < -0.4 is 11.5 Å². The molecular formula is C9H10N2O2S. The third kappa shape index (κ3) is 1.13. The van der Waals surface area contributed by atoms with E-state index in [1.54, 1.807) is 18.2 Å². The molecule has 0 spiro atoms. The zero-order chi connectivity index (χ0) is 10.3. The average Bonchev–Trinajstić information content (AvgIpc) is 2.37. The van der Waals surface area contributed by atoms with E-state index in [1.165, 1.54) is 6.07 Å². The Morgan fingerprint density at radius 2 is 2.00 bits per heavy atom. The summed E-state index contributed by atoms with van der Waals surface area (Å²) >= 11 is 0. The molecule has 0 radical (unpaired) electrons. The Labute approximate surface area is 82.1 Å². The third-order valence-electron chi connectivity index (χ3n) is 2.19. The minimum Gasteiger partial charge on any atom is -0.399 e. The predicted molar refractivity (Wildman–Crippen MR) is 55.1 cm³/mol. The first-order valence-corrected chi connectivity index (χ1v) is 5.59. The smallest absolute Gasteiger partial charge is 0.204 e. The molecule has 1 aromatic rings. The molecule has 0 amide bonds. The molecule has 0 bridgehead atoms. The number of sulfone groups is 1. The summed E-state index contributed by atoms with van der Waals surface area (Å²) in [5, 5.41) is 0. The summed E-state index contributed by atoms with van der Waals surface area (Å²) in [5.74, 6) is 0. The number of hydrogen-bond donors (Lipinski definition) is 2. The van der Waals surface area contributed by atoms with Crippen LogP contribution in [0.2, 0.25) is 0 Å². The Balaban J connectivity index is 2.71. The van der Waals surface area contributed by atoms with Gasteiger partial charge in [0.2, 0.25) is 9.84 Å². The van der Waals surface area contributed by atoms with E-state index in [2.05, 4.69) is 0 Å². The highest BCUT2D eigenvalue weighted by Crippen LogP contribution is 2.32. The van der Waals surface area contributed by atoms with Gasteiger partial charge in [-0.25, -0.2) is 8.42 Å². The summed E-state index contributed by atoms with van der Waals surface area (Å²) < 4.78 is 23.5. The quantitative estimate of drug-likeness (QED) is 0.655. The van der Waals surface area contributed by atoms with Gasteiger partial charge in [-0.15, -0.1) is 0 Å². The molecule has 1 aliphatic heterocycles. The maximum atomic E-state index is 11.7. The third-order valence-corrected chi connectivity index (χ3v) is 4.11. The molecule has 5 heteroatoms. The van der Waals surface area contributed by atoms with E-state index in [1.807, 2.05) is 0 Å². The minimum absolute atomic E-state index is 0.0247.